The fourth-order valence-corrected chi connectivity index (χ4v) is 4.18. The molecule has 2 aromatic carbocycles. The fourth-order valence-electron chi connectivity index (χ4n) is 3.17. The van der Waals surface area contributed by atoms with Crippen molar-refractivity contribution in [1.82, 2.24) is 9.97 Å². The maximum Gasteiger partial charge on any atom is 0.316 e. The molecule has 3 heterocycles. The summed E-state index contributed by atoms with van der Waals surface area (Å²) in [5.74, 6) is 0. The van der Waals surface area contributed by atoms with Crippen molar-refractivity contribution >= 4 is 39.8 Å². The number of thiazole rings is 1. The number of rotatable bonds is 5. The van der Waals surface area contributed by atoms with E-state index in [-0.39, 0.29) is 0 Å². The van der Waals surface area contributed by atoms with E-state index in [2.05, 4.69) is 32.5 Å². The molecule has 0 spiro atoms. The Hall–Kier alpha value is -3.23. The average molecular weight is 405 g/mol. The number of ether oxygens (including phenoxy) is 1. The number of morpholine rings is 1. The number of para-hydroxylation sites is 2. The van der Waals surface area contributed by atoms with Gasteiger partial charge in [-0.05, 0) is 12.1 Å². The third-order valence-corrected chi connectivity index (χ3v) is 5.66. The highest BCUT2D eigenvalue weighted by Crippen LogP contribution is 2.32. The number of anilines is 2. The number of hydrazone groups is 1. The van der Waals surface area contributed by atoms with Gasteiger partial charge in [-0.3, -0.25) is 0 Å². The third kappa shape index (κ3) is 3.85. The molecule has 1 N–H and O–H groups in total. The molecule has 0 saturated carbocycles. The fraction of sp³-hybridized carbons (Fsp3) is 0.190. The lowest BCUT2D eigenvalue weighted by molar-refractivity contribution is 0.122. The van der Waals surface area contributed by atoms with Crippen molar-refractivity contribution in [1.29, 1.82) is 0 Å². The van der Waals surface area contributed by atoms with Crippen LogP contribution in [0.2, 0.25) is 0 Å². The van der Waals surface area contributed by atoms with Crippen LogP contribution >= 0.6 is 11.3 Å². The van der Waals surface area contributed by atoms with Gasteiger partial charge in [-0.1, -0.05) is 53.8 Å². The van der Waals surface area contributed by atoms with E-state index in [4.69, 9.17) is 14.1 Å². The molecule has 0 unspecified atom stereocenters. The Morgan fingerprint density at radius 3 is 2.62 bits per heavy atom. The molecule has 0 atom stereocenters. The van der Waals surface area contributed by atoms with Crippen LogP contribution in [0.25, 0.3) is 22.4 Å². The van der Waals surface area contributed by atoms with Crippen molar-refractivity contribution in [3.63, 3.8) is 0 Å². The molecule has 2 aromatic heterocycles. The molecule has 7 nitrogen and oxygen atoms in total. The Balaban J connectivity index is 1.42. The number of benzene rings is 2. The maximum absolute atomic E-state index is 5.65. The summed E-state index contributed by atoms with van der Waals surface area (Å²) in [4.78, 5) is 12.5. The average Bonchev–Trinajstić information content (AvgIpc) is 3.39. The number of aromatic nitrogens is 2. The van der Waals surface area contributed by atoms with Crippen LogP contribution in [0, 0.1) is 0 Å². The molecule has 146 valence electrons. The largest absolute Gasteiger partial charge is 0.422 e. The Bertz CT molecular complexity index is 1100. The number of nitrogens with zero attached hydrogens (tertiary/aromatic N) is 4. The molecule has 0 amide bonds. The van der Waals surface area contributed by atoms with Crippen molar-refractivity contribution in [2.75, 3.05) is 36.6 Å². The van der Waals surface area contributed by atoms with Crippen LogP contribution in [-0.4, -0.2) is 42.5 Å². The lowest BCUT2D eigenvalue weighted by Gasteiger charge is -2.26. The van der Waals surface area contributed by atoms with Gasteiger partial charge in [-0.15, -0.1) is 0 Å². The van der Waals surface area contributed by atoms with E-state index in [9.17, 15) is 0 Å². The summed E-state index contributed by atoms with van der Waals surface area (Å²) < 4.78 is 11.1. The third-order valence-electron chi connectivity index (χ3n) is 4.61. The number of hydrogen-bond donors (Lipinski definition) is 1. The first-order chi connectivity index (χ1) is 14.4. The molecule has 8 heteroatoms. The van der Waals surface area contributed by atoms with Gasteiger partial charge in [0.05, 0.1) is 30.0 Å². The minimum absolute atomic E-state index is 0.363. The molecule has 1 saturated heterocycles. The van der Waals surface area contributed by atoms with Crippen LogP contribution in [0.4, 0.5) is 11.1 Å². The zero-order valence-corrected chi connectivity index (χ0v) is 16.4. The second-order valence-corrected chi connectivity index (χ2v) is 7.54. The summed E-state index contributed by atoms with van der Waals surface area (Å²) in [5.41, 5.74) is 6.38. The molecular weight excluding hydrogens is 386 g/mol. The topological polar surface area (TPSA) is 75.8 Å². The summed E-state index contributed by atoms with van der Waals surface area (Å²) in [5, 5.41) is 5.33. The molecule has 5 rings (SSSR count). The maximum atomic E-state index is 5.65. The molecule has 0 aliphatic carbocycles. The van der Waals surface area contributed by atoms with Crippen molar-refractivity contribution in [3.05, 3.63) is 59.5 Å². The molecule has 1 aliphatic heterocycles. The van der Waals surface area contributed by atoms with Gasteiger partial charge in [0, 0.05) is 18.7 Å². The summed E-state index contributed by atoms with van der Waals surface area (Å²) in [6, 6.07) is 18.1. The van der Waals surface area contributed by atoms with Crippen LogP contribution in [0.5, 0.6) is 0 Å². The van der Waals surface area contributed by atoms with Gasteiger partial charge < -0.3 is 14.1 Å². The minimum atomic E-state index is 0.363. The zero-order valence-electron chi connectivity index (χ0n) is 15.6. The van der Waals surface area contributed by atoms with Gasteiger partial charge in [0.15, 0.2) is 10.7 Å². The van der Waals surface area contributed by atoms with Crippen molar-refractivity contribution < 1.29 is 9.15 Å². The Labute approximate surface area is 171 Å². The SMILES string of the molecule is C(=N/Nc1nc2ccccc2o1)/c1sc(N2CCOCC2)nc1-c1ccccc1. The van der Waals surface area contributed by atoms with E-state index in [1.54, 1.807) is 17.6 Å². The minimum Gasteiger partial charge on any atom is -0.422 e. The van der Waals surface area contributed by atoms with Gasteiger partial charge in [0.2, 0.25) is 0 Å². The predicted molar refractivity (Wildman–Crippen MR) is 116 cm³/mol. The molecule has 29 heavy (non-hydrogen) atoms. The standard InChI is InChI=1S/C21H19N5O2S/c1-2-6-15(7-3-1)19-18(29-21(24-19)26-10-12-27-13-11-26)14-22-25-20-23-16-8-4-5-9-17(16)28-20/h1-9,14H,10-13H2,(H,23,25)/b22-14-. The summed E-state index contributed by atoms with van der Waals surface area (Å²) >= 11 is 1.62. The van der Waals surface area contributed by atoms with Crippen LogP contribution in [-0.2, 0) is 4.74 Å². The van der Waals surface area contributed by atoms with Crippen LogP contribution in [0.15, 0.2) is 64.1 Å². The summed E-state index contributed by atoms with van der Waals surface area (Å²) in [7, 11) is 0. The van der Waals surface area contributed by atoms with E-state index >= 15 is 0 Å². The molecule has 1 fully saturated rings. The number of nitrogens with one attached hydrogen (secondary N) is 1. The van der Waals surface area contributed by atoms with Gasteiger partial charge in [0.25, 0.3) is 0 Å². The van der Waals surface area contributed by atoms with E-state index in [1.807, 2.05) is 42.5 Å². The van der Waals surface area contributed by atoms with E-state index in [0.717, 1.165) is 58.7 Å². The first kappa shape index (κ1) is 17.8. The highest BCUT2D eigenvalue weighted by atomic mass is 32.1. The monoisotopic (exact) mass is 405 g/mol. The smallest absolute Gasteiger partial charge is 0.316 e. The Morgan fingerprint density at radius 1 is 1.00 bits per heavy atom. The number of fused-ring (bicyclic) bond motifs is 1. The molecular formula is C21H19N5O2S. The van der Waals surface area contributed by atoms with Crippen LogP contribution < -0.4 is 10.3 Å². The van der Waals surface area contributed by atoms with Crippen LogP contribution in [0.3, 0.4) is 0 Å². The quantitative estimate of drug-likeness (QED) is 0.395. The van der Waals surface area contributed by atoms with Gasteiger partial charge in [-0.25, -0.2) is 10.4 Å². The zero-order chi connectivity index (χ0) is 19.5. The van der Waals surface area contributed by atoms with Crippen molar-refractivity contribution in [2.45, 2.75) is 0 Å². The first-order valence-corrected chi connectivity index (χ1v) is 10.2. The second kappa shape index (κ2) is 8.02. The normalized spacial score (nSPS) is 14.7. The highest BCUT2D eigenvalue weighted by Gasteiger charge is 2.18. The lowest BCUT2D eigenvalue weighted by Crippen LogP contribution is -2.36. The molecule has 4 aromatic rings. The Kier molecular flexibility index (Phi) is 4.93. The number of hydrogen-bond acceptors (Lipinski definition) is 8. The van der Waals surface area contributed by atoms with Crippen molar-refractivity contribution in [2.24, 2.45) is 5.10 Å². The molecule has 0 bridgehead atoms. The van der Waals surface area contributed by atoms with Gasteiger partial charge in [-0.2, -0.15) is 10.1 Å². The van der Waals surface area contributed by atoms with Crippen molar-refractivity contribution in [3.8, 4) is 11.3 Å². The van der Waals surface area contributed by atoms with E-state index < -0.39 is 0 Å². The van der Waals surface area contributed by atoms with Crippen LogP contribution in [0.1, 0.15) is 4.88 Å². The second-order valence-electron chi connectivity index (χ2n) is 6.53. The molecule has 1 aliphatic rings. The summed E-state index contributed by atoms with van der Waals surface area (Å²) in [6.45, 7) is 3.14. The van der Waals surface area contributed by atoms with Gasteiger partial charge >= 0.3 is 6.01 Å². The summed E-state index contributed by atoms with van der Waals surface area (Å²) in [6.07, 6.45) is 1.78. The van der Waals surface area contributed by atoms with E-state index in [0.29, 0.717) is 6.01 Å². The first-order valence-electron chi connectivity index (χ1n) is 9.40. The van der Waals surface area contributed by atoms with E-state index in [1.165, 1.54) is 0 Å². The predicted octanol–water partition coefficient (Wildman–Crippen LogP) is 4.23. The lowest BCUT2D eigenvalue weighted by atomic mass is 10.1. The van der Waals surface area contributed by atoms with Gasteiger partial charge in [0.1, 0.15) is 5.52 Å². The highest BCUT2D eigenvalue weighted by molar-refractivity contribution is 7.17. The molecule has 0 radical (unpaired) electrons. The number of oxazole rings is 1. The Morgan fingerprint density at radius 2 is 1.79 bits per heavy atom.